The highest BCUT2D eigenvalue weighted by atomic mass is 28.3. The maximum atomic E-state index is 13.4. The van der Waals surface area contributed by atoms with E-state index in [1.54, 1.807) is 6.07 Å². The molecule has 0 amide bonds. The highest BCUT2D eigenvalue weighted by Crippen LogP contribution is 2.29. The summed E-state index contributed by atoms with van der Waals surface area (Å²) in [5, 5.41) is 0. The minimum atomic E-state index is -4.40. The molecule has 0 spiro atoms. The van der Waals surface area contributed by atoms with Crippen LogP contribution in [-0.4, -0.2) is 13.8 Å². The van der Waals surface area contributed by atoms with E-state index in [0.717, 1.165) is 12.1 Å². The molecule has 0 radical (unpaired) electrons. The third-order valence-corrected chi connectivity index (χ3v) is 3.97. The smallest absolute Gasteiger partial charge is 0.239 e. The van der Waals surface area contributed by atoms with E-state index in [4.69, 9.17) is 0 Å². The third-order valence-electron chi connectivity index (χ3n) is 3.09. The summed E-state index contributed by atoms with van der Waals surface area (Å²) in [4.78, 5) is 4.33. The summed E-state index contributed by atoms with van der Waals surface area (Å²) in [5.74, 6) is 2.52. The van der Waals surface area contributed by atoms with Gasteiger partial charge in [0.2, 0.25) is 0 Å². The van der Waals surface area contributed by atoms with Gasteiger partial charge in [-0.1, -0.05) is 43.8 Å². The van der Waals surface area contributed by atoms with E-state index in [1.807, 2.05) is 19.6 Å². The SMILES string of the molecule is C[Si](C)(C)C#CC(=Nc1cccc(F)c1)c1ccc(C(F)(F)F)cc1. The van der Waals surface area contributed by atoms with Crippen molar-refractivity contribution in [2.24, 2.45) is 4.99 Å². The van der Waals surface area contributed by atoms with Crippen molar-refractivity contribution in [3.05, 3.63) is 65.5 Å². The van der Waals surface area contributed by atoms with Crippen LogP contribution in [0.3, 0.4) is 0 Å². The predicted molar refractivity (Wildman–Crippen MR) is 95.2 cm³/mol. The number of alkyl halides is 3. The van der Waals surface area contributed by atoms with Gasteiger partial charge in [0, 0.05) is 5.56 Å². The molecule has 0 aliphatic heterocycles. The zero-order chi connectivity index (χ0) is 18.7. The van der Waals surface area contributed by atoms with Crippen LogP contribution >= 0.6 is 0 Å². The molecular formula is C19H17F4NSi. The summed E-state index contributed by atoms with van der Waals surface area (Å²) in [7, 11) is -1.72. The molecule has 2 rings (SSSR count). The van der Waals surface area contributed by atoms with Crippen LogP contribution in [0.4, 0.5) is 23.2 Å². The first-order valence-electron chi connectivity index (χ1n) is 7.60. The minimum Gasteiger partial charge on any atom is -0.239 e. The van der Waals surface area contributed by atoms with Crippen LogP contribution in [0, 0.1) is 17.3 Å². The highest BCUT2D eigenvalue weighted by molar-refractivity contribution is 6.84. The van der Waals surface area contributed by atoms with Crippen molar-refractivity contribution in [1.29, 1.82) is 0 Å². The Balaban J connectivity index is 2.49. The zero-order valence-corrected chi connectivity index (χ0v) is 15.1. The summed E-state index contributed by atoms with van der Waals surface area (Å²) in [6, 6.07) is 10.3. The number of halogens is 4. The second-order valence-corrected chi connectivity index (χ2v) is 11.3. The molecule has 0 N–H and O–H groups in total. The molecule has 1 nitrogen and oxygen atoms in total. The van der Waals surface area contributed by atoms with Crippen LogP contribution in [0.15, 0.2) is 53.5 Å². The van der Waals surface area contributed by atoms with Crippen molar-refractivity contribution in [3.63, 3.8) is 0 Å². The van der Waals surface area contributed by atoms with Crippen LogP contribution in [0.1, 0.15) is 11.1 Å². The van der Waals surface area contributed by atoms with Crippen molar-refractivity contribution in [2.45, 2.75) is 25.8 Å². The van der Waals surface area contributed by atoms with Crippen molar-refractivity contribution in [2.75, 3.05) is 0 Å². The van der Waals surface area contributed by atoms with Gasteiger partial charge in [-0.15, -0.1) is 5.54 Å². The van der Waals surface area contributed by atoms with E-state index >= 15 is 0 Å². The second-order valence-electron chi connectivity index (χ2n) is 6.52. The van der Waals surface area contributed by atoms with Gasteiger partial charge in [0.15, 0.2) is 0 Å². The molecule has 0 saturated carbocycles. The molecule has 25 heavy (non-hydrogen) atoms. The van der Waals surface area contributed by atoms with Crippen molar-refractivity contribution in [1.82, 2.24) is 0 Å². The molecule has 0 saturated heterocycles. The van der Waals surface area contributed by atoms with Gasteiger partial charge in [0.1, 0.15) is 19.6 Å². The monoisotopic (exact) mass is 363 g/mol. The first-order chi connectivity index (χ1) is 11.5. The van der Waals surface area contributed by atoms with E-state index in [9.17, 15) is 17.6 Å². The van der Waals surface area contributed by atoms with Gasteiger partial charge in [-0.3, -0.25) is 0 Å². The average molecular weight is 363 g/mol. The number of hydrogen-bond acceptors (Lipinski definition) is 1. The fraction of sp³-hybridized carbons (Fsp3) is 0.211. The Labute approximate surface area is 145 Å². The Kier molecular flexibility index (Phi) is 5.48. The lowest BCUT2D eigenvalue weighted by molar-refractivity contribution is -0.137. The van der Waals surface area contributed by atoms with Gasteiger partial charge in [-0.2, -0.15) is 13.2 Å². The van der Waals surface area contributed by atoms with E-state index in [2.05, 4.69) is 16.5 Å². The lowest BCUT2D eigenvalue weighted by Gasteiger charge is -2.08. The summed E-state index contributed by atoms with van der Waals surface area (Å²) >= 11 is 0. The number of aliphatic imine (C=N–C) groups is 1. The van der Waals surface area contributed by atoms with Crippen LogP contribution in [0.5, 0.6) is 0 Å². The van der Waals surface area contributed by atoms with Crippen LogP contribution in [0.25, 0.3) is 0 Å². The Morgan fingerprint density at radius 3 is 2.16 bits per heavy atom. The van der Waals surface area contributed by atoms with E-state index in [0.29, 0.717) is 17.0 Å². The molecule has 2 aromatic carbocycles. The van der Waals surface area contributed by atoms with Crippen LogP contribution in [0.2, 0.25) is 19.6 Å². The molecule has 0 aromatic heterocycles. The number of nitrogens with zero attached hydrogens (tertiary/aromatic N) is 1. The zero-order valence-electron chi connectivity index (χ0n) is 14.1. The fourth-order valence-electron chi connectivity index (χ4n) is 1.90. The minimum absolute atomic E-state index is 0.321. The summed E-state index contributed by atoms with van der Waals surface area (Å²) in [5.41, 5.74) is 3.55. The predicted octanol–water partition coefficient (Wildman–Crippen LogP) is 5.85. The standard InChI is InChI=1S/C19H17F4NSi/c1-25(2,3)12-11-18(24-17-6-4-5-16(20)13-17)14-7-9-15(10-8-14)19(21,22)23/h4-10,13H,1-3H3. The van der Waals surface area contributed by atoms with Crippen molar-refractivity contribution in [3.8, 4) is 11.5 Å². The lowest BCUT2D eigenvalue weighted by Crippen LogP contribution is -2.17. The maximum Gasteiger partial charge on any atom is 0.416 e. The lowest BCUT2D eigenvalue weighted by atomic mass is 10.1. The Bertz CT molecular complexity index is 835. The van der Waals surface area contributed by atoms with Gasteiger partial charge in [-0.25, -0.2) is 9.38 Å². The topological polar surface area (TPSA) is 12.4 Å². The summed E-state index contributed by atoms with van der Waals surface area (Å²) < 4.78 is 51.5. The quantitative estimate of drug-likeness (QED) is 0.275. The molecule has 0 fully saturated rings. The van der Waals surface area contributed by atoms with Gasteiger partial charge < -0.3 is 0 Å². The molecule has 0 heterocycles. The first kappa shape index (κ1) is 18.9. The van der Waals surface area contributed by atoms with Crippen LogP contribution < -0.4 is 0 Å². The molecule has 0 aliphatic rings. The molecule has 2 aromatic rings. The first-order valence-corrected chi connectivity index (χ1v) is 11.1. The molecule has 6 heteroatoms. The fourth-order valence-corrected chi connectivity index (χ4v) is 2.40. The van der Waals surface area contributed by atoms with Gasteiger partial charge in [0.25, 0.3) is 0 Å². The Morgan fingerprint density at radius 2 is 1.64 bits per heavy atom. The maximum absolute atomic E-state index is 13.4. The van der Waals surface area contributed by atoms with Gasteiger partial charge >= 0.3 is 6.18 Å². The van der Waals surface area contributed by atoms with Gasteiger partial charge in [-0.05, 0) is 30.3 Å². The van der Waals surface area contributed by atoms with Crippen molar-refractivity contribution >= 4 is 19.5 Å². The summed E-state index contributed by atoms with van der Waals surface area (Å²) in [6.45, 7) is 6.14. The molecule has 0 bridgehead atoms. The molecule has 130 valence electrons. The van der Waals surface area contributed by atoms with Gasteiger partial charge in [0.05, 0.1) is 11.3 Å². The number of rotatable bonds is 2. The Hall–Kier alpha value is -2.39. The number of hydrogen-bond donors (Lipinski definition) is 0. The highest BCUT2D eigenvalue weighted by Gasteiger charge is 2.30. The van der Waals surface area contributed by atoms with Crippen LogP contribution in [-0.2, 0) is 6.18 Å². The largest absolute Gasteiger partial charge is 0.416 e. The molecular weight excluding hydrogens is 346 g/mol. The van der Waals surface area contributed by atoms with E-state index in [-0.39, 0.29) is 0 Å². The normalized spacial score (nSPS) is 12.5. The molecule has 0 unspecified atom stereocenters. The van der Waals surface area contributed by atoms with E-state index in [1.165, 1.54) is 30.3 Å². The second kappa shape index (κ2) is 7.24. The summed E-state index contributed by atoms with van der Waals surface area (Å²) in [6.07, 6.45) is -4.40. The Morgan fingerprint density at radius 1 is 1.00 bits per heavy atom. The van der Waals surface area contributed by atoms with E-state index < -0.39 is 25.6 Å². The third kappa shape index (κ3) is 5.87. The average Bonchev–Trinajstić information content (AvgIpc) is 2.50. The molecule has 0 aliphatic carbocycles. The van der Waals surface area contributed by atoms with Crippen molar-refractivity contribution < 1.29 is 17.6 Å². The molecule has 0 atom stereocenters. The number of benzene rings is 2.